The highest BCUT2D eigenvalue weighted by atomic mass is 16.4. The van der Waals surface area contributed by atoms with Gasteiger partial charge in [-0.25, -0.2) is 0 Å². The van der Waals surface area contributed by atoms with Gasteiger partial charge in [0.2, 0.25) is 0 Å². The van der Waals surface area contributed by atoms with Gasteiger partial charge in [0, 0.05) is 13.1 Å². The fourth-order valence-corrected chi connectivity index (χ4v) is 2.31. The SMILES string of the molecule is O=C(O)CCN1CCC(c2ccc(O)cc2)C1. The first-order chi connectivity index (χ1) is 8.15. The summed E-state index contributed by atoms with van der Waals surface area (Å²) in [6, 6.07) is 7.30. The minimum Gasteiger partial charge on any atom is -0.508 e. The van der Waals surface area contributed by atoms with Crippen molar-refractivity contribution in [2.24, 2.45) is 0 Å². The Kier molecular flexibility index (Phi) is 3.64. The Balaban J connectivity index is 1.89. The number of aromatic hydroxyl groups is 1. The van der Waals surface area contributed by atoms with Crippen LogP contribution in [-0.4, -0.2) is 40.7 Å². The molecule has 2 rings (SSSR count). The summed E-state index contributed by atoms with van der Waals surface area (Å²) in [6.07, 6.45) is 1.27. The van der Waals surface area contributed by atoms with E-state index in [0.29, 0.717) is 12.5 Å². The summed E-state index contributed by atoms with van der Waals surface area (Å²) in [5, 5.41) is 17.9. The Morgan fingerprint density at radius 1 is 1.35 bits per heavy atom. The van der Waals surface area contributed by atoms with Gasteiger partial charge in [-0.1, -0.05) is 12.1 Å². The highest BCUT2D eigenvalue weighted by Gasteiger charge is 2.23. The van der Waals surface area contributed by atoms with Crippen molar-refractivity contribution in [1.29, 1.82) is 0 Å². The number of phenolic OH excluding ortho intramolecular Hbond substituents is 1. The van der Waals surface area contributed by atoms with Gasteiger partial charge in [-0.05, 0) is 36.6 Å². The molecule has 0 spiro atoms. The lowest BCUT2D eigenvalue weighted by Crippen LogP contribution is -2.23. The normalized spacial score (nSPS) is 20.6. The lowest BCUT2D eigenvalue weighted by atomic mass is 9.98. The molecular weight excluding hydrogens is 218 g/mol. The van der Waals surface area contributed by atoms with Gasteiger partial charge < -0.3 is 15.1 Å². The van der Waals surface area contributed by atoms with Crippen molar-refractivity contribution in [3.63, 3.8) is 0 Å². The molecule has 1 saturated heterocycles. The van der Waals surface area contributed by atoms with E-state index in [1.165, 1.54) is 5.56 Å². The molecule has 17 heavy (non-hydrogen) atoms. The number of benzene rings is 1. The predicted molar refractivity (Wildman–Crippen MR) is 64.2 cm³/mol. The van der Waals surface area contributed by atoms with Crippen molar-refractivity contribution < 1.29 is 15.0 Å². The van der Waals surface area contributed by atoms with Gasteiger partial charge in [-0.15, -0.1) is 0 Å². The van der Waals surface area contributed by atoms with E-state index >= 15 is 0 Å². The van der Waals surface area contributed by atoms with Crippen LogP contribution in [0.25, 0.3) is 0 Å². The first-order valence-electron chi connectivity index (χ1n) is 5.88. The zero-order valence-electron chi connectivity index (χ0n) is 9.67. The summed E-state index contributed by atoms with van der Waals surface area (Å²) in [5.74, 6) is 0.0111. The van der Waals surface area contributed by atoms with Crippen molar-refractivity contribution in [2.45, 2.75) is 18.8 Å². The maximum atomic E-state index is 10.5. The van der Waals surface area contributed by atoms with Gasteiger partial charge in [-0.2, -0.15) is 0 Å². The number of hydrogen-bond acceptors (Lipinski definition) is 3. The third-order valence-electron chi connectivity index (χ3n) is 3.28. The minimum absolute atomic E-state index is 0.211. The Morgan fingerprint density at radius 3 is 2.71 bits per heavy atom. The van der Waals surface area contributed by atoms with Crippen LogP contribution >= 0.6 is 0 Å². The van der Waals surface area contributed by atoms with Crippen LogP contribution in [0.15, 0.2) is 24.3 Å². The fourth-order valence-electron chi connectivity index (χ4n) is 2.31. The van der Waals surface area contributed by atoms with Crippen LogP contribution in [0.3, 0.4) is 0 Å². The number of phenols is 1. The molecule has 1 aliphatic heterocycles. The zero-order chi connectivity index (χ0) is 12.3. The molecule has 1 aliphatic rings. The quantitative estimate of drug-likeness (QED) is 0.833. The van der Waals surface area contributed by atoms with Crippen molar-refractivity contribution >= 4 is 5.97 Å². The van der Waals surface area contributed by atoms with E-state index in [9.17, 15) is 9.90 Å². The second-order valence-corrected chi connectivity index (χ2v) is 4.52. The highest BCUT2D eigenvalue weighted by molar-refractivity contribution is 5.66. The van der Waals surface area contributed by atoms with Crippen molar-refractivity contribution in [3.05, 3.63) is 29.8 Å². The zero-order valence-corrected chi connectivity index (χ0v) is 9.67. The number of likely N-dealkylation sites (tertiary alicyclic amines) is 1. The molecule has 1 fully saturated rings. The standard InChI is InChI=1S/C13H17NO3/c15-12-3-1-10(2-4-12)11-5-7-14(9-11)8-6-13(16)17/h1-4,11,15H,5-9H2,(H,16,17). The third-order valence-corrected chi connectivity index (χ3v) is 3.28. The van der Waals surface area contributed by atoms with E-state index in [1.54, 1.807) is 12.1 Å². The Bertz CT molecular complexity index is 388. The van der Waals surface area contributed by atoms with Gasteiger partial charge in [0.05, 0.1) is 6.42 Å². The number of rotatable bonds is 4. The summed E-state index contributed by atoms with van der Waals surface area (Å²) in [4.78, 5) is 12.7. The molecule has 0 aliphatic carbocycles. The average molecular weight is 235 g/mol. The number of carboxylic acids is 1. The van der Waals surface area contributed by atoms with E-state index in [4.69, 9.17) is 5.11 Å². The van der Waals surface area contributed by atoms with E-state index in [2.05, 4.69) is 4.90 Å². The van der Waals surface area contributed by atoms with Crippen LogP contribution in [0.5, 0.6) is 5.75 Å². The number of carbonyl (C=O) groups is 1. The molecule has 0 saturated carbocycles. The molecule has 0 radical (unpaired) electrons. The van der Waals surface area contributed by atoms with Crippen LogP contribution in [-0.2, 0) is 4.79 Å². The second kappa shape index (κ2) is 5.19. The van der Waals surface area contributed by atoms with Crippen LogP contribution in [0.2, 0.25) is 0 Å². The van der Waals surface area contributed by atoms with Gasteiger partial charge in [0.25, 0.3) is 0 Å². The molecule has 1 unspecified atom stereocenters. The van der Waals surface area contributed by atoms with Crippen LogP contribution in [0.4, 0.5) is 0 Å². The number of carboxylic acid groups (broad SMARTS) is 1. The molecule has 1 heterocycles. The van der Waals surface area contributed by atoms with Gasteiger partial charge in [0.1, 0.15) is 5.75 Å². The molecule has 2 N–H and O–H groups in total. The van der Waals surface area contributed by atoms with E-state index in [1.807, 2.05) is 12.1 Å². The summed E-state index contributed by atoms with van der Waals surface area (Å²) < 4.78 is 0. The molecule has 1 aromatic rings. The maximum absolute atomic E-state index is 10.5. The third kappa shape index (κ3) is 3.20. The van der Waals surface area contributed by atoms with Gasteiger partial charge in [-0.3, -0.25) is 4.79 Å². The molecule has 1 atom stereocenters. The summed E-state index contributed by atoms with van der Waals surface area (Å²) in [7, 11) is 0. The summed E-state index contributed by atoms with van der Waals surface area (Å²) in [5.41, 5.74) is 1.22. The smallest absolute Gasteiger partial charge is 0.304 e. The molecule has 0 amide bonds. The maximum Gasteiger partial charge on any atom is 0.304 e. The van der Waals surface area contributed by atoms with Crippen molar-refractivity contribution in [2.75, 3.05) is 19.6 Å². The van der Waals surface area contributed by atoms with Crippen LogP contribution in [0, 0.1) is 0 Å². The molecule has 0 bridgehead atoms. The molecule has 92 valence electrons. The van der Waals surface area contributed by atoms with Gasteiger partial charge in [0.15, 0.2) is 0 Å². The van der Waals surface area contributed by atoms with Crippen LogP contribution < -0.4 is 0 Å². The number of hydrogen-bond donors (Lipinski definition) is 2. The Morgan fingerprint density at radius 2 is 2.06 bits per heavy atom. The van der Waals surface area contributed by atoms with E-state index in [-0.39, 0.29) is 12.2 Å². The molecule has 4 nitrogen and oxygen atoms in total. The van der Waals surface area contributed by atoms with E-state index < -0.39 is 5.97 Å². The Hall–Kier alpha value is -1.55. The molecular formula is C13H17NO3. The minimum atomic E-state index is -0.738. The number of aliphatic carboxylic acids is 1. The van der Waals surface area contributed by atoms with Gasteiger partial charge >= 0.3 is 5.97 Å². The first kappa shape index (κ1) is 11.9. The Labute approximate surface area is 100 Å². The number of nitrogens with zero attached hydrogens (tertiary/aromatic N) is 1. The first-order valence-corrected chi connectivity index (χ1v) is 5.88. The molecule has 0 aromatic heterocycles. The topological polar surface area (TPSA) is 60.8 Å². The highest BCUT2D eigenvalue weighted by Crippen LogP contribution is 2.28. The average Bonchev–Trinajstić information content (AvgIpc) is 2.76. The monoisotopic (exact) mass is 235 g/mol. The summed E-state index contributed by atoms with van der Waals surface area (Å²) >= 11 is 0. The molecule has 4 heteroatoms. The molecule has 1 aromatic carbocycles. The summed E-state index contributed by atoms with van der Waals surface area (Å²) in [6.45, 7) is 2.50. The van der Waals surface area contributed by atoms with Crippen molar-refractivity contribution in [1.82, 2.24) is 4.90 Å². The predicted octanol–water partition coefficient (Wildman–Crippen LogP) is 1.66. The largest absolute Gasteiger partial charge is 0.508 e. The van der Waals surface area contributed by atoms with Crippen LogP contribution in [0.1, 0.15) is 24.3 Å². The lowest BCUT2D eigenvalue weighted by molar-refractivity contribution is -0.137. The van der Waals surface area contributed by atoms with E-state index in [0.717, 1.165) is 19.5 Å². The lowest BCUT2D eigenvalue weighted by Gasteiger charge is -2.14. The fraction of sp³-hybridized carbons (Fsp3) is 0.462. The van der Waals surface area contributed by atoms with Crippen molar-refractivity contribution in [3.8, 4) is 5.75 Å². The second-order valence-electron chi connectivity index (χ2n) is 4.52.